The van der Waals surface area contributed by atoms with E-state index in [0.717, 1.165) is 31.6 Å². The maximum Gasteiger partial charge on any atom is 0.147 e. The summed E-state index contributed by atoms with van der Waals surface area (Å²) >= 11 is 6.25. The number of hydrogen-bond acceptors (Lipinski definition) is 2. The first-order valence-electron chi connectivity index (χ1n) is 5.70. The largest absolute Gasteiger partial charge is 0.229 e. The first kappa shape index (κ1) is 13.3. The van der Waals surface area contributed by atoms with Gasteiger partial charge in [-0.05, 0) is 43.9 Å². The van der Waals surface area contributed by atoms with Crippen LogP contribution in [0, 0.1) is 11.8 Å². The summed E-state index contributed by atoms with van der Waals surface area (Å²) in [6, 6.07) is 0. The second-order valence-electron chi connectivity index (χ2n) is 4.97. The molecule has 0 heterocycles. The van der Waals surface area contributed by atoms with E-state index in [0.29, 0.717) is 11.7 Å². The number of halogens is 1. The van der Waals surface area contributed by atoms with Crippen LogP contribution in [-0.4, -0.2) is 25.8 Å². The van der Waals surface area contributed by atoms with Crippen molar-refractivity contribution in [3.8, 4) is 0 Å². The van der Waals surface area contributed by atoms with Crippen LogP contribution in [0.25, 0.3) is 0 Å². The number of alkyl halides is 1. The Morgan fingerprint density at radius 2 is 2.00 bits per heavy atom. The molecule has 1 saturated carbocycles. The van der Waals surface area contributed by atoms with Gasteiger partial charge in [-0.15, -0.1) is 11.6 Å². The average molecular weight is 253 g/mol. The van der Waals surface area contributed by atoms with Gasteiger partial charge >= 0.3 is 0 Å². The first-order chi connectivity index (χ1) is 6.88. The zero-order valence-corrected chi connectivity index (χ0v) is 11.1. The monoisotopic (exact) mass is 252 g/mol. The molecule has 1 fully saturated rings. The molecule has 3 atom stereocenters. The Balaban J connectivity index is 2.30. The molecule has 0 aromatic rings. The molecule has 3 unspecified atom stereocenters. The van der Waals surface area contributed by atoms with Crippen LogP contribution in [-0.2, 0) is 9.84 Å². The van der Waals surface area contributed by atoms with Crippen LogP contribution in [0.4, 0.5) is 0 Å². The molecule has 0 amide bonds. The van der Waals surface area contributed by atoms with Crippen LogP contribution in [0.15, 0.2) is 0 Å². The molecule has 0 N–H and O–H groups in total. The lowest BCUT2D eigenvalue weighted by Gasteiger charge is -2.31. The van der Waals surface area contributed by atoms with Gasteiger partial charge in [-0.25, -0.2) is 8.42 Å². The van der Waals surface area contributed by atoms with Crippen molar-refractivity contribution in [2.24, 2.45) is 11.8 Å². The Hall–Kier alpha value is 0.240. The lowest BCUT2D eigenvalue weighted by molar-refractivity contribution is 0.274. The highest BCUT2D eigenvalue weighted by Crippen LogP contribution is 2.35. The van der Waals surface area contributed by atoms with Crippen molar-refractivity contribution in [3.63, 3.8) is 0 Å². The van der Waals surface area contributed by atoms with Gasteiger partial charge in [0, 0.05) is 17.4 Å². The molecule has 0 aliphatic heterocycles. The predicted octanol–water partition coefficient (Wildman–Crippen LogP) is 2.85. The Kier molecular flexibility index (Phi) is 4.91. The molecule has 15 heavy (non-hydrogen) atoms. The van der Waals surface area contributed by atoms with Crippen LogP contribution in [0.3, 0.4) is 0 Å². The average Bonchev–Trinajstić information content (AvgIpc) is 2.09. The van der Waals surface area contributed by atoms with Crippen molar-refractivity contribution in [3.05, 3.63) is 0 Å². The molecule has 4 heteroatoms. The third-order valence-electron chi connectivity index (χ3n) is 3.24. The van der Waals surface area contributed by atoms with E-state index in [1.54, 1.807) is 0 Å². The van der Waals surface area contributed by atoms with Gasteiger partial charge in [0.05, 0.1) is 0 Å². The first-order valence-corrected chi connectivity index (χ1v) is 8.20. The third-order valence-corrected chi connectivity index (χ3v) is 4.85. The molecule has 1 aliphatic rings. The van der Waals surface area contributed by atoms with E-state index in [4.69, 9.17) is 11.6 Å². The fourth-order valence-electron chi connectivity index (χ4n) is 2.37. The highest BCUT2D eigenvalue weighted by Gasteiger charge is 2.26. The zero-order chi connectivity index (χ0) is 11.5. The highest BCUT2D eigenvalue weighted by atomic mass is 35.5. The molecule has 90 valence electrons. The fourth-order valence-corrected chi connectivity index (χ4v) is 3.41. The van der Waals surface area contributed by atoms with Crippen LogP contribution >= 0.6 is 11.6 Å². The summed E-state index contributed by atoms with van der Waals surface area (Å²) in [6.07, 6.45) is 6.50. The number of hydrogen-bond donors (Lipinski definition) is 0. The summed E-state index contributed by atoms with van der Waals surface area (Å²) < 4.78 is 22.0. The van der Waals surface area contributed by atoms with Gasteiger partial charge in [-0.2, -0.15) is 0 Å². The maximum absolute atomic E-state index is 11.0. The highest BCUT2D eigenvalue weighted by molar-refractivity contribution is 7.90. The van der Waals surface area contributed by atoms with E-state index in [2.05, 4.69) is 6.92 Å². The van der Waals surface area contributed by atoms with E-state index >= 15 is 0 Å². The van der Waals surface area contributed by atoms with Gasteiger partial charge in [0.2, 0.25) is 0 Å². The molecule has 0 saturated heterocycles. The maximum atomic E-state index is 11.0. The van der Waals surface area contributed by atoms with E-state index in [1.165, 1.54) is 12.7 Å². The molecule has 0 radical (unpaired) electrons. The minimum absolute atomic E-state index is 0.265. The summed E-state index contributed by atoms with van der Waals surface area (Å²) in [6.45, 7) is 2.26. The summed E-state index contributed by atoms with van der Waals surface area (Å²) in [4.78, 5) is 0. The Morgan fingerprint density at radius 1 is 1.33 bits per heavy atom. The summed E-state index contributed by atoms with van der Waals surface area (Å²) in [7, 11) is -2.80. The SMILES string of the molecule is CC1CCC(Cl)C(CCCS(C)(=O)=O)C1. The lowest BCUT2D eigenvalue weighted by Crippen LogP contribution is -2.24. The normalized spacial score (nSPS) is 32.9. The molecule has 0 bridgehead atoms. The number of sulfone groups is 1. The molecule has 0 aromatic heterocycles. The molecule has 1 aliphatic carbocycles. The van der Waals surface area contributed by atoms with Crippen molar-refractivity contribution in [2.45, 2.75) is 44.4 Å². The van der Waals surface area contributed by atoms with Crippen molar-refractivity contribution < 1.29 is 8.42 Å². The Labute approximate surface area is 98.3 Å². The lowest BCUT2D eigenvalue weighted by atomic mass is 9.80. The summed E-state index contributed by atoms with van der Waals surface area (Å²) in [5.74, 6) is 1.59. The van der Waals surface area contributed by atoms with Crippen molar-refractivity contribution in [1.29, 1.82) is 0 Å². The second-order valence-corrected chi connectivity index (χ2v) is 7.79. The van der Waals surface area contributed by atoms with Gasteiger partial charge in [0.1, 0.15) is 9.84 Å². The van der Waals surface area contributed by atoms with Crippen molar-refractivity contribution in [1.82, 2.24) is 0 Å². The minimum Gasteiger partial charge on any atom is -0.229 e. The summed E-state index contributed by atoms with van der Waals surface area (Å²) in [5.41, 5.74) is 0. The standard InChI is InChI=1S/C11H21ClO2S/c1-9-5-6-11(12)10(8-9)4-3-7-15(2,13)14/h9-11H,3-8H2,1-2H3. The molecule has 2 nitrogen and oxygen atoms in total. The smallest absolute Gasteiger partial charge is 0.147 e. The molecule has 1 rings (SSSR count). The molecular formula is C11H21ClO2S. The van der Waals surface area contributed by atoms with Crippen LogP contribution < -0.4 is 0 Å². The van der Waals surface area contributed by atoms with Gasteiger partial charge < -0.3 is 0 Å². The minimum atomic E-state index is -2.80. The molecular weight excluding hydrogens is 232 g/mol. The zero-order valence-electron chi connectivity index (χ0n) is 9.58. The predicted molar refractivity (Wildman–Crippen MR) is 65.1 cm³/mol. The molecule has 0 aromatic carbocycles. The van der Waals surface area contributed by atoms with Crippen LogP contribution in [0.5, 0.6) is 0 Å². The van der Waals surface area contributed by atoms with E-state index < -0.39 is 9.84 Å². The Morgan fingerprint density at radius 3 is 2.60 bits per heavy atom. The second kappa shape index (κ2) is 5.53. The van der Waals surface area contributed by atoms with Crippen molar-refractivity contribution in [2.75, 3.05) is 12.0 Å². The van der Waals surface area contributed by atoms with E-state index in [1.807, 2.05) is 0 Å². The van der Waals surface area contributed by atoms with Crippen LogP contribution in [0.1, 0.15) is 39.0 Å². The van der Waals surface area contributed by atoms with Crippen LogP contribution in [0.2, 0.25) is 0 Å². The third kappa shape index (κ3) is 5.21. The van der Waals surface area contributed by atoms with E-state index in [-0.39, 0.29) is 5.38 Å². The van der Waals surface area contributed by atoms with E-state index in [9.17, 15) is 8.42 Å². The van der Waals surface area contributed by atoms with Gasteiger partial charge in [0.25, 0.3) is 0 Å². The van der Waals surface area contributed by atoms with Gasteiger partial charge in [0.15, 0.2) is 0 Å². The fraction of sp³-hybridized carbons (Fsp3) is 1.00. The quantitative estimate of drug-likeness (QED) is 0.721. The Bertz CT molecular complexity index is 287. The molecule has 0 spiro atoms. The topological polar surface area (TPSA) is 34.1 Å². The van der Waals surface area contributed by atoms with Gasteiger partial charge in [-0.1, -0.05) is 6.92 Å². The summed E-state index contributed by atoms with van der Waals surface area (Å²) in [5, 5.41) is 0.265. The van der Waals surface area contributed by atoms with Gasteiger partial charge in [-0.3, -0.25) is 0 Å². The number of rotatable bonds is 4. The van der Waals surface area contributed by atoms with Crippen molar-refractivity contribution >= 4 is 21.4 Å².